The van der Waals surface area contributed by atoms with Gasteiger partial charge in [0.1, 0.15) is 11.6 Å². The van der Waals surface area contributed by atoms with Gasteiger partial charge in [-0.15, -0.1) is 0 Å². The standard InChI is InChI=1S/C14H17F2NO2/c1-19-14(18)9-2-5-11(6-3-9)17-13-8-10(15)4-7-12(13)16/h4,7-9,11,17H,2-3,5-6H2,1H3. The lowest BCUT2D eigenvalue weighted by Crippen LogP contribution is -2.30. The van der Waals surface area contributed by atoms with Crippen molar-refractivity contribution < 1.29 is 18.3 Å². The van der Waals surface area contributed by atoms with Crippen LogP contribution in [0.4, 0.5) is 14.5 Å². The molecule has 19 heavy (non-hydrogen) atoms. The molecule has 1 fully saturated rings. The van der Waals surface area contributed by atoms with Gasteiger partial charge in [0.2, 0.25) is 0 Å². The van der Waals surface area contributed by atoms with Crippen molar-refractivity contribution in [3.8, 4) is 0 Å². The molecule has 0 saturated heterocycles. The summed E-state index contributed by atoms with van der Waals surface area (Å²) in [4.78, 5) is 11.4. The fourth-order valence-corrected chi connectivity index (χ4v) is 2.47. The van der Waals surface area contributed by atoms with Crippen LogP contribution in [-0.4, -0.2) is 19.1 Å². The zero-order valence-corrected chi connectivity index (χ0v) is 10.8. The van der Waals surface area contributed by atoms with E-state index in [0.29, 0.717) is 12.8 Å². The molecule has 1 N–H and O–H groups in total. The van der Waals surface area contributed by atoms with Crippen LogP contribution in [0.2, 0.25) is 0 Å². The molecule has 1 aliphatic carbocycles. The molecule has 0 radical (unpaired) electrons. The second-order valence-electron chi connectivity index (χ2n) is 4.84. The smallest absolute Gasteiger partial charge is 0.308 e. The molecule has 104 valence electrons. The SMILES string of the molecule is COC(=O)C1CCC(Nc2cc(F)ccc2F)CC1. The van der Waals surface area contributed by atoms with Crippen LogP contribution in [-0.2, 0) is 9.53 Å². The summed E-state index contributed by atoms with van der Waals surface area (Å²) in [6.07, 6.45) is 2.91. The minimum Gasteiger partial charge on any atom is -0.469 e. The van der Waals surface area contributed by atoms with E-state index in [0.717, 1.165) is 31.0 Å². The molecular formula is C14H17F2NO2. The van der Waals surface area contributed by atoms with Gasteiger partial charge in [0.15, 0.2) is 0 Å². The molecular weight excluding hydrogens is 252 g/mol. The molecule has 0 amide bonds. The topological polar surface area (TPSA) is 38.3 Å². The van der Waals surface area contributed by atoms with Crippen molar-refractivity contribution in [2.75, 3.05) is 12.4 Å². The minimum atomic E-state index is -0.466. The number of carbonyl (C=O) groups is 1. The number of methoxy groups -OCH3 is 1. The number of halogens is 2. The molecule has 5 heteroatoms. The van der Waals surface area contributed by atoms with E-state index < -0.39 is 11.6 Å². The first kappa shape index (κ1) is 13.8. The van der Waals surface area contributed by atoms with E-state index in [4.69, 9.17) is 4.74 Å². The van der Waals surface area contributed by atoms with Crippen LogP contribution in [0.3, 0.4) is 0 Å². The van der Waals surface area contributed by atoms with E-state index in [1.165, 1.54) is 7.11 Å². The maximum Gasteiger partial charge on any atom is 0.308 e. The van der Waals surface area contributed by atoms with Crippen molar-refractivity contribution in [3.05, 3.63) is 29.8 Å². The number of nitrogens with one attached hydrogen (secondary N) is 1. The quantitative estimate of drug-likeness (QED) is 0.857. The first-order chi connectivity index (χ1) is 9.10. The second kappa shape index (κ2) is 5.99. The Morgan fingerprint density at radius 1 is 1.26 bits per heavy atom. The Morgan fingerprint density at radius 2 is 1.95 bits per heavy atom. The third-order valence-electron chi connectivity index (χ3n) is 3.55. The molecule has 1 aromatic rings. The summed E-state index contributed by atoms with van der Waals surface area (Å²) in [6.45, 7) is 0. The lowest BCUT2D eigenvalue weighted by atomic mass is 9.86. The van der Waals surface area contributed by atoms with Crippen molar-refractivity contribution in [2.24, 2.45) is 5.92 Å². The molecule has 3 nitrogen and oxygen atoms in total. The molecule has 0 aromatic heterocycles. The van der Waals surface area contributed by atoms with Crippen molar-refractivity contribution in [3.63, 3.8) is 0 Å². The van der Waals surface area contributed by atoms with E-state index in [-0.39, 0.29) is 23.6 Å². The minimum absolute atomic E-state index is 0.0669. The molecule has 0 atom stereocenters. The zero-order valence-electron chi connectivity index (χ0n) is 10.8. The van der Waals surface area contributed by atoms with Crippen LogP contribution in [0.15, 0.2) is 18.2 Å². The summed E-state index contributed by atoms with van der Waals surface area (Å²) in [7, 11) is 1.38. The summed E-state index contributed by atoms with van der Waals surface area (Å²) in [5.41, 5.74) is 0.182. The Hall–Kier alpha value is -1.65. The monoisotopic (exact) mass is 269 g/mol. The van der Waals surface area contributed by atoms with Gasteiger partial charge in [0, 0.05) is 6.04 Å². The highest BCUT2D eigenvalue weighted by Crippen LogP contribution is 2.28. The number of esters is 1. The van der Waals surface area contributed by atoms with Crippen molar-refractivity contribution in [1.82, 2.24) is 0 Å². The van der Waals surface area contributed by atoms with Gasteiger partial charge < -0.3 is 10.1 Å². The van der Waals surface area contributed by atoms with Crippen LogP contribution in [0, 0.1) is 17.6 Å². The van der Waals surface area contributed by atoms with Crippen molar-refractivity contribution in [1.29, 1.82) is 0 Å². The number of rotatable bonds is 3. The third-order valence-corrected chi connectivity index (χ3v) is 3.55. The van der Waals surface area contributed by atoms with Gasteiger partial charge in [-0.1, -0.05) is 0 Å². The first-order valence-corrected chi connectivity index (χ1v) is 6.39. The predicted molar refractivity (Wildman–Crippen MR) is 67.7 cm³/mol. The summed E-state index contributed by atoms with van der Waals surface area (Å²) in [5.74, 6) is -1.18. The fourth-order valence-electron chi connectivity index (χ4n) is 2.47. The molecule has 0 unspecified atom stereocenters. The van der Waals surface area contributed by atoms with E-state index in [9.17, 15) is 13.6 Å². The average molecular weight is 269 g/mol. The summed E-state index contributed by atoms with van der Waals surface area (Å²) >= 11 is 0. The number of hydrogen-bond acceptors (Lipinski definition) is 3. The van der Waals surface area contributed by atoms with Crippen LogP contribution < -0.4 is 5.32 Å². The summed E-state index contributed by atoms with van der Waals surface area (Å²) in [6, 6.07) is 3.42. The highest BCUT2D eigenvalue weighted by molar-refractivity contribution is 5.72. The van der Waals surface area contributed by atoms with Crippen LogP contribution in [0.25, 0.3) is 0 Å². The molecule has 1 aromatic carbocycles. The Balaban J connectivity index is 1.92. The predicted octanol–water partition coefficient (Wildman–Crippen LogP) is 3.11. The Kier molecular flexibility index (Phi) is 4.35. The van der Waals surface area contributed by atoms with Gasteiger partial charge in [-0.2, -0.15) is 0 Å². The Labute approximate surface area is 111 Å². The lowest BCUT2D eigenvalue weighted by Gasteiger charge is -2.28. The normalized spacial score (nSPS) is 22.9. The maximum atomic E-state index is 13.5. The highest BCUT2D eigenvalue weighted by Gasteiger charge is 2.27. The van der Waals surface area contributed by atoms with Gasteiger partial charge in [0.05, 0.1) is 18.7 Å². The molecule has 2 rings (SSSR count). The highest BCUT2D eigenvalue weighted by atomic mass is 19.1. The van der Waals surface area contributed by atoms with Crippen LogP contribution >= 0.6 is 0 Å². The average Bonchev–Trinajstić information content (AvgIpc) is 2.43. The molecule has 1 saturated carbocycles. The number of ether oxygens (including phenoxy) is 1. The second-order valence-corrected chi connectivity index (χ2v) is 4.84. The maximum absolute atomic E-state index is 13.5. The zero-order chi connectivity index (χ0) is 13.8. The van der Waals surface area contributed by atoms with Gasteiger partial charge in [-0.05, 0) is 43.9 Å². The number of hydrogen-bond donors (Lipinski definition) is 1. The lowest BCUT2D eigenvalue weighted by molar-refractivity contribution is -0.146. The molecule has 0 spiro atoms. The number of carbonyl (C=O) groups excluding carboxylic acids is 1. The molecule has 0 bridgehead atoms. The summed E-state index contributed by atoms with van der Waals surface area (Å²) in [5, 5.41) is 3.00. The molecule has 1 aliphatic rings. The van der Waals surface area contributed by atoms with Gasteiger partial charge in [-0.3, -0.25) is 4.79 Å². The van der Waals surface area contributed by atoms with Gasteiger partial charge in [-0.25, -0.2) is 8.78 Å². The third kappa shape index (κ3) is 3.43. The van der Waals surface area contributed by atoms with E-state index in [2.05, 4.69) is 5.32 Å². The van der Waals surface area contributed by atoms with Crippen molar-refractivity contribution in [2.45, 2.75) is 31.7 Å². The Morgan fingerprint density at radius 3 is 2.58 bits per heavy atom. The summed E-state index contributed by atoms with van der Waals surface area (Å²) < 4.78 is 31.2. The van der Waals surface area contributed by atoms with E-state index in [1.54, 1.807) is 0 Å². The Bertz CT molecular complexity index is 457. The van der Waals surface area contributed by atoms with Gasteiger partial charge >= 0.3 is 5.97 Å². The van der Waals surface area contributed by atoms with Crippen LogP contribution in [0.1, 0.15) is 25.7 Å². The first-order valence-electron chi connectivity index (χ1n) is 6.39. The molecule has 0 aliphatic heterocycles. The van der Waals surface area contributed by atoms with Crippen molar-refractivity contribution >= 4 is 11.7 Å². The molecule has 0 heterocycles. The largest absolute Gasteiger partial charge is 0.469 e. The fraction of sp³-hybridized carbons (Fsp3) is 0.500. The number of benzene rings is 1. The van der Waals surface area contributed by atoms with Crippen LogP contribution in [0.5, 0.6) is 0 Å². The van der Waals surface area contributed by atoms with Gasteiger partial charge in [0.25, 0.3) is 0 Å². The van der Waals surface area contributed by atoms with E-state index in [1.807, 2.05) is 0 Å². The van der Waals surface area contributed by atoms with E-state index >= 15 is 0 Å². The number of anilines is 1.